The van der Waals surface area contributed by atoms with Crippen LogP contribution in [0.4, 0.5) is 0 Å². The monoisotopic (exact) mass is 386 g/mol. The summed E-state index contributed by atoms with van der Waals surface area (Å²) in [5.74, 6) is 9.87. The van der Waals surface area contributed by atoms with Gasteiger partial charge in [-0.15, -0.1) is 0 Å². The van der Waals surface area contributed by atoms with E-state index < -0.39 is 0 Å². The summed E-state index contributed by atoms with van der Waals surface area (Å²) in [5.41, 5.74) is 9.72. The summed E-state index contributed by atoms with van der Waals surface area (Å²) in [6, 6.07) is 11.8. The number of amidine groups is 1. The smallest absolute Gasteiger partial charge is 0.123 e. The lowest BCUT2D eigenvalue weighted by Gasteiger charge is -2.08. The minimum absolute atomic E-state index is 0.116. The van der Waals surface area contributed by atoms with E-state index in [-0.39, 0.29) is 5.84 Å². The summed E-state index contributed by atoms with van der Waals surface area (Å²) in [6.45, 7) is 8.80. The molecule has 0 heterocycles. The number of ether oxygens (including phenoxy) is 2. The summed E-state index contributed by atoms with van der Waals surface area (Å²) in [5, 5.41) is 7.29. The molecule has 154 valence electrons. The minimum Gasteiger partial charge on any atom is -0.497 e. The van der Waals surface area contributed by atoms with Gasteiger partial charge in [0.2, 0.25) is 0 Å². The maximum absolute atomic E-state index is 7.29. The summed E-state index contributed by atoms with van der Waals surface area (Å²) in [7, 11) is 1.67. The second-order valence-electron chi connectivity index (χ2n) is 5.79. The highest BCUT2D eigenvalue weighted by Gasteiger charge is 2.00. The standard InChI is InChI=1S/C11H14N2.C11H16O2.H4N2/c1-3-4-9-7-10(11(12)13)6-5-8(9)2;1-4-9-6-10(12-3)8-11(7-9)13-5-2;1-2/h3-7H,1-2H3,(H3,12,13);6-8H,4-5H2,1-3H3;1-2H2/b4-3-;;. The fourth-order valence-electron chi connectivity index (χ4n) is 2.37. The molecule has 0 spiro atoms. The van der Waals surface area contributed by atoms with Crippen LogP contribution in [0.5, 0.6) is 11.5 Å². The molecule has 2 aromatic rings. The van der Waals surface area contributed by atoms with Gasteiger partial charge in [0.25, 0.3) is 0 Å². The Bertz CT molecular complexity index is 736. The number of nitrogen functional groups attached to an aromatic ring is 1. The Balaban J connectivity index is 0.000000478. The number of hydrazine groups is 1. The zero-order valence-corrected chi connectivity index (χ0v) is 17.6. The van der Waals surface area contributed by atoms with Gasteiger partial charge in [-0.2, -0.15) is 0 Å². The van der Waals surface area contributed by atoms with E-state index >= 15 is 0 Å². The van der Waals surface area contributed by atoms with Crippen LogP contribution < -0.4 is 26.9 Å². The number of nitrogens with two attached hydrogens (primary N) is 3. The first-order chi connectivity index (χ1) is 13.4. The first kappa shape index (κ1) is 25.2. The maximum atomic E-state index is 7.29. The molecular formula is C22H34N4O2. The van der Waals surface area contributed by atoms with Crippen molar-refractivity contribution in [3.8, 4) is 11.5 Å². The van der Waals surface area contributed by atoms with Gasteiger partial charge in [-0.1, -0.05) is 31.2 Å². The number of methoxy groups -OCH3 is 1. The summed E-state index contributed by atoms with van der Waals surface area (Å²) >= 11 is 0. The van der Waals surface area contributed by atoms with E-state index in [1.807, 2.05) is 69.3 Å². The predicted molar refractivity (Wildman–Crippen MR) is 119 cm³/mol. The zero-order chi connectivity index (χ0) is 21.5. The Morgan fingerprint density at radius 3 is 2.21 bits per heavy atom. The highest BCUT2D eigenvalue weighted by molar-refractivity contribution is 5.95. The van der Waals surface area contributed by atoms with Crippen molar-refractivity contribution < 1.29 is 9.47 Å². The van der Waals surface area contributed by atoms with Gasteiger partial charge < -0.3 is 15.2 Å². The molecule has 0 atom stereocenters. The maximum Gasteiger partial charge on any atom is 0.123 e. The number of hydrogen-bond acceptors (Lipinski definition) is 5. The van der Waals surface area contributed by atoms with Gasteiger partial charge in [0.1, 0.15) is 17.3 Å². The highest BCUT2D eigenvalue weighted by atomic mass is 16.5. The molecule has 0 saturated heterocycles. The van der Waals surface area contributed by atoms with Crippen LogP contribution in [0.1, 0.15) is 43.0 Å². The van der Waals surface area contributed by atoms with Crippen LogP contribution in [-0.4, -0.2) is 19.6 Å². The lowest BCUT2D eigenvalue weighted by atomic mass is 10.0. The Labute approximate surface area is 168 Å². The van der Waals surface area contributed by atoms with Crippen LogP contribution in [-0.2, 0) is 6.42 Å². The molecule has 0 unspecified atom stereocenters. The van der Waals surface area contributed by atoms with Crippen molar-refractivity contribution >= 4 is 11.9 Å². The molecule has 0 bridgehead atoms. The van der Waals surface area contributed by atoms with Gasteiger partial charge in [0.05, 0.1) is 13.7 Å². The summed E-state index contributed by atoms with van der Waals surface area (Å²) in [6.07, 6.45) is 4.99. The van der Waals surface area contributed by atoms with Gasteiger partial charge in [0.15, 0.2) is 0 Å². The highest BCUT2D eigenvalue weighted by Crippen LogP contribution is 2.22. The van der Waals surface area contributed by atoms with E-state index in [9.17, 15) is 0 Å². The summed E-state index contributed by atoms with van der Waals surface area (Å²) < 4.78 is 10.6. The molecule has 7 N–H and O–H groups in total. The van der Waals surface area contributed by atoms with E-state index in [4.69, 9.17) is 20.6 Å². The van der Waals surface area contributed by atoms with Crippen LogP contribution in [0.3, 0.4) is 0 Å². The van der Waals surface area contributed by atoms with Crippen molar-refractivity contribution in [2.24, 2.45) is 17.4 Å². The SMILES string of the molecule is C/C=C\c1cc(C(=N)N)ccc1C.CCOc1cc(CC)cc(OC)c1.NN. The molecule has 0 aliphatic heterocycles. The first-order valence-corrected chi connectivity index (χ1v) is 9.16. The second-order valence-corrected chi connectivity index (χ2v) is 5.79. The normalized spacial score (nSPS) is 9.68. The number of nitrogens with one attached hydrogen (secondary N) is 1. The van der Waals surface area contributed by atoms with Crippen molar-refractivity contribution in [3.05, 3.63) is 64.7 Å². The van der Waals surface area contributed by atoms with E-state index in [1.165, 1.54) is 11.1 Å². The van der Waals surface area contributed by atoms with Crippen LogP contribution >= 0.6 is 0 Å². The van der Waals surface area contributed by atoms with Crippen LogP contribution in [0, 0.1) is 12.3 Å². The molecule has 0 aromatic heterocycles. The van der Waals surface area contributed by atoms with Crippen molar-refractivity contribution in [2.75, 3.05) is 13.7 Å². The second kappa shape index (κ2) is 14.3. The van der Waals surface area contributed by atoms with Crippen LogP contribution in [0.25, 0.3) is 6.08 Å². The van der Waals surface area contributed by atoms with Gasteiger partial charge in [0, 0.05) is 11.6 Å². The third-order valence-corrected chi connectivity index (χ3v) is 3.83. The average Bonchev–Trinajstić information content (AvgIpc) is 2.71. The molecule has 6 nitrogen and oxygen atoms in total. The number of aryl methyl sites for hydroxylation is 2. The summed E-state index contributed by atoms with van der Waals surface area (Å²) in [4.78, 5) is 0. The van der Waals surface area contributed by atoms with Crippen LogP contribution in [0.15, 0.2) is 42.5 Å². The van der Waals surface area contributed by atoms with Crippen molar-refractivity contribution in [3.63, 3.8) is 0 Å². The third kappa shape index (κ3) is 8.70. The number of allylic oxidation sites excluding steroid dienone is 1. The lowest BCUT2D eigenvalue weighted by molar-refractivity contribution is 0.335. The number of rotatable bonds is 6. The molecule has 0 aliphatic rings. The van der Waals surface area contributed by atoms with Gasteiger partial charge in [-0.05, 0) is 62.1 Å². The molecule has 0 saturated carbocycles. The topological polar surface area (TPSA) is 120 Å². The zero-order valence-electron chi connectivity index (χ0n) is 17.6. The fraction of sp³-hybridized carbons (Fsp3) is 0.318. The molecule has 0 radical (unpaired) electrons. The van der Waals surface area contributed by atoms with Crippen LogP contribution in [0.2, 0.25) is 0 Å². The molecule has 0 fully saturated rings. The molecular weight excluding hydrogens is 352 g/mol. The Kier molecular flexibility index (Phi) is 12.8. The van der Waals surface area contributed by atoms with E-state index in [0.29, 0.717) is 6.61 Å². The van der Waals surface area contributed by atoms with Crippen molar-refractivity contribution in [2.45, 2.75) is 34.1 Å². The molecule has 6 heteroatoms. The van der Waals surface area contributed by atoms with Gasteiger partial charge >= 0.3 is 0 Å². The fourth-order valence-corrected chi connectivity index (χ4v) is 2.37. The van der Waals surface area contributed by atoms with Crippen molar-refractivity contribution in [1.82, 2.24) is 0 Å². The Hall–Kier alpha value is -2.83. The first-order valence-electron chi connectivity index (χ1n) is 9.16. The van der Waals surface area contributed by atoms with E-state index in [2.05, 4.69) is 18.6 Å². The number of benzene rings is 2. The van der Waals surface area contributed by atoms with E-state index in [0.717, 1.165) is 29.0 Å². The minimum atomic E-state index is 0.116. The largest absolute Gasteiger partial charge is 0.497 e. The predicted octanol–water partition coefficient (Wildman–Crippen LogP) is 3.79. The van der Waals surface area contributed by atoms with Gasteiger partial charge in [-0.25, -0.2) is 0 Å². The molecule has 28 heavy (non-hydrogen) atoms. The quantitative estimate of drug-likeness (QED) is 0.260. The van der Waals surface area contributed by atoms with Gasteiger partial charge in [-0.3, -0.25) is 17.1 Å². The molecule has 0 amide bonds. The average molecular weight is 387 g/mol. The Morgan fingerprint density at radius 2 is 1.71 bits per heavy atom. The van der Waals surface area contributed by atoms with E-state index in [1.54, 1.807) is 7.11 Å². The lowest BCUT2D eigenvalue weighted by Crippen LogP contribution is -2.11. The number of hydrogen-bond donors (Lipinski definition) is 4. The third-order valence-electron chi connectivity index (χ3n) is 3.83. The molecule has 0 aliphatic carbocycles. The molecule has 2 aromatic carbocycles. The Morgan fingerprint density at radius 1 is 1.07 bits per heavy atom. The molecule has 2 rings (SSSR count). The van der Waals surface area contributed by atoms with Crippen molar-refractivity contribution in [1.29, 1.82) is 5.41 Å².